The van der Waals surface area contributed by atoms with Gasteiger partial charge in [-0.2, -0.15) is 0 Å². The van der Waals surface area contributed by atoms with E-state index in [0.29, 0.717) is 6.04 Å². The third-order valence-electron chi connectivity index (χ3n) is 4.07. The maximum absolute atomic E-state index is 3.70. The van der Waals surface area contributed by atoms with Crippen molar-refractivity contribution in [3.05, 3.63) is 21.9 Å². The molecule has 17 heavy (non-hydrogen) atoms. The lowest BCUT2D eigenvalue weighted by Crippen LogP contribution is -2.30. The lowest BCUT2D eigenvalue weighted by Gasteiger charge is -2.33. The molecule has 2 rings (SSSR count). The van der Waals surface area contributed by atoms with E-state index < -0.39 is 0 Å². The number of thiophene rings is 1. The molecule has 1 N–H and O–H groups in total. The second-order valence-corrected chi connectivity index (χ2v) is 6.66. The highest BCUT2D eigenvalue weighted by atomic mass is 32.1. The van der Waals surface area contributed by atoms with E-state index in [1.54, 1.807) is 0 Å². The van der Waals surface area contributed by atoms with E-state index in [9.17, 15) is 0 Å². The maximum atomic E-state index is 3.70. The van der Waals surface area contributed by atoms with Crippen molar-refractivity contribution >= 4 is 11.3 Å². The molecule has 0 bridgehead atoms. The van der Waals surface area contributed by atoms with Gasteiger partial charge >= 0.3 is 0 Å². The number of hydrogen-bond acceptors (Lipinski definition) is 2. The summed E-state index contributed by atoms with van der Waals surface area (Å²) in [5, 5.41) is 6.05. The van der Waals surface area contributed by atoms with Crippen LogP contribution in [-0.4, -0.2) is 6.54 Å². The van der Waals surface area contributed by atoms with Crippen molar-refractivity contribution in [2.24, 2.45) is 11.8 Å². The highest BCUT2D eigenvalue weighted by Gasteiger charge is 2.27. The van der Waals surface area contributed by atoms with Crippen LogP contribution in [0.3, 0.4) is 0 Å². The summed E-state index contributed by atoms with van der Waals surface area (Å²) in [7, 11) is 0. The third kappa shape index (κ3) is 3.32. The zero-order valence-electron chi connectivity index (χ0n) is 11.3. The zero-order valence-corrected chi connectivity index (χ0v) is 12.1. The van der Waals surface area contributed by atoms with E-state index >= 15 is 0 Å². The van der Waals surface area contributed by atoms with Gasteiger partial charge in [-0.05, 0) is 55.2 Å². The molecule has 96 valence electrons. The molecule has 0 aliphatic heterocycles. The topological polar surface area (TPSA) is 12.0 Å². The van der Waals surface area contributed by atoms with Crippen LogP contribution in [0.4, 0.5) is 0 Å². The van der Waals surface area contributed by atoms with E-state index in [2.05, 4.69) is 37.5 Å². The Morgan fingerprint density at radius 3 is 2.59 bits per heavy atom. The molecular formula is C15H25NS. The molecule has 0 aromatic carbocycles. The standard InChI is InChI=1S/C15H25NS/c1-4-16-15(14-9-12(3)17-10-14)13-7-5-11(2)6-8-13/h9-11,13,15-16H,4-8H2,1-3H3. The van der Waals surface area contributed by atoms with Crippen molar-refractivity contribution in [3.8, 4) is 0 Å². The largest absolute Gasteiger partial charge is 0.310 e. The first-order valence-corrected chi connectivity index (χ1v) is 7.87. The normalized spacial score (nSPS) is 27.0. The van der Waals surface area contributed by atoms with Crippen LogP contribution in [0.2, 0.25) is 0 Å². The lowest BCUT2D eigenvalue weighted by molar-refractivity contribution is 0.233. The first-order valence-electron chi connectivity index (χ1n) is 6.99. The van der Waals surface area contributed by atoms with Crippen LogP contribution >= 0.6 is 11.3 Å². The van der Waals surface area contributed by atoms with Crippen molar-refractivity contribution in [1.82, 2.24) is 5.32 Å². The first kappa shape index (κ1) is 13.1. The Morgan fingerprint density at radius 2 is 2.06 bits per heavy atom. The van der Waals surface area contributed by atoms with Gasteiger partial charge in [-0.15, -0.1) is 11.3 Å². The van der Waals surface area contributed by atoms with Crippen LogP contribution in [0.1, 0.15) is 56.0 Å². The first-order chi connectivity index (χ1) is 8.20. The van der Waals surface area contributed by atoms with Crippen molar-refractivity contribution in [3.63, 3.8) is 0 Å². The smallest absolute Gasteiger partial charge is 0.0356 e. The molecule has 1 atom stereocenters. The molecule has 1 aromatic rings. The molecule has 1 nitrogen and oxygen atoms in total. The van der Waals surface area contributed by atoms with E-state index in [0.717, 1.165) is 18.4 Å². The Morgan fingerprint density at radius 1 is 1.35 bits per heavy atom. The molecule has 1 aliphatic rings. The van der Waals surface area contributed by atoms with Crippen LogP contribution in [0.15, 0.2) is 11.4 Å². The summed E-state index contributed by atoms with van der Waals surface area (Å²) in [5.41, 5.74) is 1.52. The number of hydrogen-bond donors (Lipinski definition) is 1. The monoisotopic (exact) mass is 251 g/mol. The number of rotatable bonds is 4. The van der Waals surface area contributed by atoms with Crippen LogP contribution in [0.5, 0.6) is 0 Å². The SMILES string of the molecule is CCNC(c1csc(C)c1)C1CCC(C)CC1. The van der Waals surface area contributed by atoms with Gasteiger partial charge in [0.1, 0.15) is 0 Å². The summed E-state index contributed by atoms with van der Waals surface area (Å²) >= 11 is 1.88. The molecule has 1 unspecified atom stereocenters. The molecule has 0 amide bonds. The van der Waals surface area contributed by atoms with E-state index in [-0.39, 0.29) is 0 Å². The summed E-state index contributed by atoms with van der Waals surface area (Å²) in [6, 6.07) is 2.97. The van der Waals surface area contributed by atoms with Gasteiger partial charge in [0.2, 0.25) is 0 Å². The van der Waals surface area contributed by atoms with Gasteiger partial charge in [0, 0.05) is 10.9 Å². The quantitative estimate of drug-likeness (QED) is 0.829. The Balaban J connectivity index is 2.06. The second-order valence-electron chi connectivity index (χ2n) is 5.55. The van der Waals surface area contributed by atoms with Crippen LogP contribution in [0.25, 0.3) is 0 Å². The summed E-state index contributed by atoms with van der Waals surface area (Å²) in [6.45, 7) is 7.90. The summed E-state index contributed by atoms with van der Waals surface area (Å²) < 4.78 is 0. The number of aryl methyl sites for hydroxylation is 1. The average Bonchev–Trinajstić information content (AvgIpc) is 2.74. The van der Waals surface area contributed by atoms with Gasteiger partial charge in [0.05, 0.1) is 0 Å². The molecular weight excluding hydrogens is 226 g/mol. The lowest BCUT2D eigenvalue weighted by atomic mass is 9.77. The highest BCUT2D eigenvalue weighted by molar-refractivity contribution is 7.10. The Hall–Kier alpha value is -0.340. The average molecular weight is 251 g/mol. The Labute approximate surface area is 110 Å². The fourth-order valence-electron chi connectivity index (χ4n) is 3.02. The van der Waals surface area contributed by atoms with Gasteiger partial charge in [-0.3, -0.25) is 0 Å². The highest BCUT2D eigenvalue weighted by Crippen LogP contribution is 2.37. The third-order valence-corrected chi connectivity index (χ3v) is 4.95. The van der Waals surface area contributed by atoms with Gasteiger partial charge in [0.15, 0.2) is 0 Å². The molecule has 0 radical (unpaired) electrons. The molecule has 0 spiro atoms. The van der Waals surface area contributed by atoms with Gasteiger partial charge in [-0.25, -0.2) is 0 Å². The van der Waals surface area contributed by atoms with E-state index in [1.807, 2.05) is 11.3 Å². The predicted molar refractivity (Wildman–Crippen MR) is 76.6 cm³/mol. The molecule has 0 saturated heterocycles. The predicted octanol–water partition coefficient (Wildman–Crippen LogP) is 4.53. The fraction of sp³-hybridized carbons (Fsp3) is 0.733. The summed E-state index contributed by atoms with van der Waals surface area (Å²) in [4.78, 5) is 1.44. The number of nitrogens with one attached hydrogen (secondary N) is 1. The van der Waals surface area contributed by atoms with E-state index in [4.69, 9.17) is 0 Å². The van der Waals surface area contributed by atoms with Crippen LogP contribution in [-0.2, 0) is 0 Å². The van der Waals surface area contributed by atoms with E-state index in [1.165, 1.54) is 36.1 Å². The summed E-state index contributed by atoms with van der Waals surface area (Å²) in [5.74, 6) is 1.79. The second kappa shape index (κ2) is 6.01. The molecule has 1 aromatic heterocycles. The van der Waals surface area contributed by atoms with Crippen molar-refractivity contribution < 1.29 is 0 Å². The molecule has 1 aliphatic carbocycles. The minimum Gasteiger partial charge on any atom is -0.310 e. The molecule has 1 fully saturated rings. The van der Waals surface area contributed by atoms with Gasteiger partial charge < -0.3 is 5.32 Å². The minimum absolute atomic E-state index is 0.595. The van der Waals surface area contributed by atoms with Crippen LogP contribution in [0, 0.1) is 18.8 Å². The molecule has 2 heteroatoms. The fourth-order valence-corrected chi connectivity index (χ4v) is 3.76. The Kier molecular flexibility index (Phi) is 4.63. The minimum atomic E-state index is 0.595. The van der Waals surface area contributed by atoms with Crippen molar-refractivity contribution in [2.45, 2.75) is 52.5 Å². The van der Waals surface area contributed by atoms with Gasteiger partial charge in [0.25, 0.3) is 0 Å². The molecule has 1 heterocycles. The maximum Gasteiger partial charge on any atom is 0.0356 e. The summed E-state index contributed by atoms with van der Waals surface area (Å²) in [6.07, 6.45) is 5.62. The van der Waals surface area contributed by atoms with Crippen molar-refractivity contribution in [2.75, 3.05) is 6.54 Å². The van der Waals surface area contributed by atoms with Crippen molar-refractivity contribution in [1.29, 1.82) is 0 Å². The van der Waals surface area contributed by atoms with Gasteiger partial charge in [-0.1, -0.05) is 26.7 Å². The zero-order chi connectivity index (χ0) is 12.3. The van der Waals surface area contributed by atoms with Crippen LogP contribution < -0.4 is 5.32 Å². The molecule has 1 saturated carbocycles. The Bertz CT molecular complexity index is 336.